The summed E-state index contributed by atoms with van der Waals surface area (Å²) in [5.41, 5.74) is 16.9. The van der Waals surface area contributed by atoms with Gasteiger partial charge in [-0.25, -0.2) is 9.97 Å². The second kappa shape index (κ2) is 12.8. The number of aromatic nitrogens is 2. The monoisotopic (exact) mass is 834 g/mol. The van der Waals surface area contributed by atoms with E-state index in [0.29, 0.717) is 11.4 Å². The Bertz CT molecular complexity index is 4210. The molecule has 7 heteroatoms. The smallest absolute Gasteiger partial charge is 0.227 e. The van der Waals surface area contributed by atoms with Gasteiger partial charge in [0.2, 0.25) is 11.4 Å². The molecule has 302 valence electrons. The standard InChI is InChI=1S/C58H30N2O5/c1-3-39-41-23-31(11-19-55(41)64-57(39)59-21-1)33-5-13-49-43(25-33)45-27-35(7-15-51(45)61-49)37-9-17-53-47(29-37)48-30-38(10-18-54(48)63-53)36-8-16-52-46(28-36)44-26-34(6-14-50(44)62-52)32-12-20-56-42(24-32)40-4-2-22-60-58(40)65-56/h1-30H. The molecule has 0 saturated carbocycles. The van der Waals surface area contributed by atoms with Crippen LogP contribution in [-0.2, 0) is 0 Å². The maximum atomic E-state index is 6.42. The highest BCUT2D eigenvalue weighted by molar-refractivity contribution is 6.12. The lowest BCUT2D eigenvalue weighted by molar-refractivity contribution is 0.653. The van der Waals surface area contributed by atoms with E-state index in [0.717, 1.165) is 143 Å². The molecule has 0 radical (unpaired) electrons. The molecule has 0 bridgehead atoms. The predicted molar refractivity (Wildman–Crippen MR) is 260 cm³/mol. The van der Waals surface area contributed by atoms with Gasteiger partial charge in [0.05, 0.1) is 0 Å². The van der Waals surface area contributed by atoms with Crippen molar-refractivity contribution >= 4 is 110 Å². The van der Waals surface area contributed by atoms with E-state index in [1.54, 1.807) is 12.4 Å². The fraction of sp³-hybridized carbons (Fsp3) is 0. The average molecular weight is 835 g/mol. The van der Waals surface area contributed by atoms with Crippen molar-refractivity contribution in [2.24, 2.45) is 0 Å². The third kappa shape index (κ3) is 5.18. The quantitative estimate of drug-likeness (QED) is 0.174. The van der Waals surface area contributed by atoms with Crippen LogP contribution in [0.1, 0.15) is 0 Å². The summed E-state index contributed by atoms with van der Waals surface area (Å²) in [5, 5.41) is 10.5. The molecular weight excluding hydrogens is 805 g/mol. The summed E-state index contributed by atoms with van der Waals surface area (Å²) in [4.78, 5) is 8.82. The molecule has 8 aromatic carbocycles. The van der Waals surface area contributed by atoms with Gasteiger partial charge in [-0.1, -0.05) is 48.5 Å². The first-order valence-electron chi connectivity index (χ1n) is 21.6. The van der Waals surface area contributed by atoms with Crippen LogP contribution in [0.25, 0.3) is 154 Å². The van der Waals surface area contributed by atoms with E-state index in [1.165, 1.54) is 0 Å². The van der Waals surface area contributed by atoms with Crippen LogP contribution >= 0.6 is 0 Å². The van der Waals surface area contributed by atoms with Crippen LogP contribution in [0.3, 0.4) is 0 Å². The molecule has 0 saturated heterocycles. The Labute approximate surface area is 367 Å². The molecule has 0 amide bonds. The Balaban J connectivity index is 0.796. The summed E-state index contributed by atoms with van der Waals surface area (Å²) < 4.78 is 31.2. The van der Waals surface area contributed by atoms with Crippen molar-refractivity contribution in [2.45, 2.75) is 0 Å². The van der Waals surface area contributed by atoms with Crippen LogP contribution in [0, 0.1) is 0 Å². The Morgan fingerprint density at radius 2 is 0.431 bits per heavy atom. The average Bonchev–Trinajstić information content (AvgIpc) is 4.18. The fourth-order valence-electron chi connectivity index (χ4n) is 9.99. The molecule has 0 N–H and O–H groups in total. The minimum Gasteiger partial charge on any atom is -0.456 e. The molecule has 0 atom stereocenters. The highest BCUT2D eigenvalue weighted by atomic mass is 16.3. The minimum absolute atomic E-state index is 0.648. The van der Waals surface area contributed by atoms with Crippen molar-refractivity contribution in [2.75, 3.05) is 0 Å². The molecule has 0 spiro atoms. The fourth-order valence-corrected chi connectivity index (χ4v) is 9.99. The van der Waals surface area contributed by atoms with Crippen LogP contribution in [0.2, 0.25) is 0 Å². The summed E-state index contributed by atoms with van der Waals surface area (Å²) in [6.45, 7) is 0. The lowest BCUT2D eigenvalue weighted by Crippen LogP contribution is -1.80. The number of fused-ring (bicyclic) bond motifs is 15. The number of hydrogen-bond donors (Lipinski definition) is 0. The molecule has 7 aromatic heterocycles. The van der Waals surface area contributed by atoms with Gasteiger partial charge in [-0.15, -0.1) is 0 Å². The number of hydrogen-bond acceptors (Lipinski definition) is 7. The summed E-state index contributed by atoms with van der Waals surface area (Å²) in [6, 6.07) is 59.3. The van der Waals surface area contributed by atoms with E-state index in [-0.39, 0.29) is 0 Å². The topological polar surface area (TPSA) is 91.5 Å². The summed E-state index contributed by atoms with van der Waals surface area (Å²) >= 11 is 0. The Morgan fingerprint density at radius 3 is 0.677 bits per heavy atom. The SMILES string of the molecule is c1cnc2oc3ccc(-c4ccc5oc6ccc(-c7ccc8oc9ccc(-c%10ccc%11oc%12ccc(-c%13ccc%14oc%15ncccc%15c%14c%13)cc%12c%11c%10)cc9c8c7)cc6c5c4)cc3c2c1. The summed E-state index contributed by atoms with van der Waals surface area (Å²) in [7, 11) is 0. The van der Waals surface area contributed by atoms with Gasteiger partial charge in [-0.2, -0.15) is 0 Å². The third-order valence-corrected chi connectivity index (χ3v) is 13.2. The van der Waals surface area contributed by atoms with Crippen molar-refractivity contribution in [1.29, 1.82) is 0 Å². The number of nitrogens with zero attached hydrogens (tertiary/aromatic N) is 2. The maximum absolute atomic E-state index is 6.42. The number of rotatable bonds is 4. The van der Waals surface area contributed by atoms with Crippen LogP contribution < -0.4 is 0 Å². The first-order chi connectivity index (χ1) is 32.1. The van der Waals surface area contributed by atoms with E-state index in [9.17, 15) is 0 Å². The second-order valence-electron chi connectivity index (χ2n) is 16.9. The summed E-state index contributed by atoms with van der Waals surface area (Å²) in [5.74, 6) is 0. The molecule has 0 fully saturated rings. The normalized spacial score (nSPS) is 12.3. The second-order valence-corrected chi connectivity index (χ2v) is 16.9. The number of pyridine rings is 2. The highest BCUT2D eigenvalue weighted by Crippen LogP contribution is 2.41. The first kappa shape index (κ1) is 34.6. The number of furan rings is 5. The third-order valence-electron chi connectivity index (χ3n) is 13.2. The number of benzene rings is 8. The van der Waals surface area contributed by atoms with Crippen molar-refractivity contribution in [3.63, 3.8) is 0 Å². The minimum atomic E-state index is 0.648. The molecular formula is C58H30N2O5. The molecule has 15 rings (SSSR count). The van der Waals surface area contributed by atoms with E-state index in [4.69, 9.17) is 22.1 Å². The van der Waals surface area contributed by atoms with Crippen LogP contribution in [-0.4, -0.2) is 9.97 Å². The Morgan fingerprint density at radius 1 is 0.215 bits per heavy atom. The molecule has 0 unspecified atom stereocenters. The van der Waals surface area contributed by atoms with Gasteiger partial charge in [0, 0.05) is 66.3 Å². The zero-order chi connectivity index (χ0) is 42.3. The van der Waals surface area contributed by atoms with Crippen molar-refractivity contribution in [3.05, 3.63) is 182 Å². The van der Waals surface area contributed by atoms with E-state index in [1.807, 2.05) is 24.3 Å². The van der Waals surface area contributed by atoms with E-state index < -0.39 is 0 Å². The van der Waals surface area contributed by atoms with Crippen molar-refractivity contribution in [3.8, 4) is 44.5 Å². The Hall–Kier alpha value is -8.94. The van der Waals surface area contributed by atoms with Gasteiger partial charge >= 0.3 is 0 Å². The van der Waals surface area contributed by atoms with Gasteiger partial charge in [0.1, 0.15) is 44.7 Å². The largest absolute Gasteiger partial charge is 0.456 e. The lowest BCUT2D eigenvalue weighted by Gasteiger charge is -2.05. The Kier molecular flexibility index (Phi) is 6.83. The maximum Gasteiger partial charge on any atom is 0.227 e. The molecule has 0 aliphatic rings. The van der Waals surface area contributed by atoms with Gasteiger partial charge in [-0.05, 0) is 166 Å². The zero-order valence-electron chi connectivity index (χ0n) is 34.3. The first-order valence-corrected chi connectivity index (χ1v) is 21.6. The summed E-state index contributed by atoms with van der Waals surface area (Å²) in [6.07, 6.45) is 3.52. The zero-order valence-corrected chi connectivity index (χ0v) is 34.3. The van der Waals surface area contributed by atoms with Crippen molar-refractivity contribution < 1.29 is 22.1 Å². The van der Waals surface area contributed by atoms with Crippen molar-refractivity contribution in [1.82, 2.24) is 9.97 Å². The highest BCUT2D eigenvalue weighted by Gasteiger charge is 2.17. The van der Waals surface area contributed by atoms with Gasteiger partial charge in [0.25, 0.3) is 0 Å². The molecule has 15 aromatic rings. The molecule has 0 aliphatic carbocycles. The molecule has 7 nitrogen and oxygen atoms in total. The van der Waals surface area contributed by atoms with E-state index >= 15 is 0 Å². The van der Waals surface area contributed by atoms with Crippen LogP contribution in [0.4, 0.5) is 0 Å². The van der Waals surface area contributed by atoms with E-state index in [2.05, 4.69) is 156 Å². The van der Waals surface area contributed by atoms with Gasteiger partial charge < -0.3 is 22.1 Å². The van der Waals surface area contributed by atoms with Crippen LogP contribution in [0.5, 0.6) is 0 Å². The molecule has 7 heterocycles. The van der Waals surface area contributed by atoms with Gasteiger partial charge in [0.15, 0.2) is 0 Å². The van der Waals surface area contributed by atoms with Gasteiger partial charge in [-0.3, -0.25) is 0 Å². The lowest BCUT2D eigenvalue weighted by atomic mass is 9.97. The predicted octanol–water partition coefficient (Wildman–Crippen LogP) is 16.6. The molecule has 0 aliphatic heterocycles. The molecule has 65 heavy (non-hydrogen) atoms. The van der Waals surface area contributed by atoms with Crippen LogP contribution in [0.15, 0.2) is 204 Å².